The Morgan fingerprint density at radius 2 is 1.00 bits per heavy atom. The Morgan fingerprint density at radius 3 is 1.39 bits per heavy atom. The first-order valence-electron chi connectivity index (χ1n) is 10.9. The second-order valence-corrected chi connectivity index (χ2v) is 8.44. The number of benzene rings is 4. The van der Waals surface area contributed by atoms with E-state index in [0.717, 1.165) is 6.42 Å². The van der Waals surface area contributed by atoms with E-state index < -0.39 is 0 Å². The first-order valence-corrected chi connectivity index (χ1v) is 10.9. The molecule has 4 aromatic rings. The molecule has 0 amide bonds. The first kappa shape index (κ1) is 20.4. The van der Waals surface area contributed by atoms with Gasteiger partial charge in [-0.3, -0.25) is 0 Å². The lowest BCUT2D eigenvalue weighted by atomic mass is 9.80. The van der Waals surface area contributed by atoms with Crippen molar-refractivity contribution in [3.05, 3.63) is 72.3 Å². The Hall–Kier alpha value is -2.34. The highest BCUT2D eigenvalue weighted by molar-refractivity contribution is 6.25. The van der Waals surface area contributed by atoms with Crippen molar-refractivity contribution in [2.75, 3.05) is 0 Å². The molecule has 0 aliphatic rings. The quantitative estimate of drug-likeness (QED) is 0.314. The molecular weight excluding hydrogens is 336 g/mol. The molecule has 0 heteroatoms. The van der Waals surface area contributed by atoms with Gasteiger partial charge in [0.2, 0.25) is 0 Å². The SMILES string of the molecule is CCC(C)(C)c1ccc2c3ccccc3c3ccccc3c2c1.CCCCC. The Bertz CT molecular complexity index is 1030. The second kappa shape index (κ2) is 8.78. The molecule has 0 fully saturated rings. The van der Waals surface area contributed by atoms with Crippen LogP contribution >= 0.6 is 0 Å². The van der Waals surface area contributed by atoms with Crippen molar-refractivity contribution in [3.63, 3.8) is 0 Å². The summed E-state index contributed by atoms with van der Waals surface area (Å²) >= 11 is 0. The molecule has 0 saturated carbocycles. The van der Waals surface area contributed by atoms with Crippen LogP contribution in [0.25, 0.3) is 32.3 Å². The van der Waals surface area contributed by atoms with Gasteiger partial charge in [0, 0.05) is 0 Å². The molecule has 4 rings (SSSR count). The second-order valence-electron chi connectivity index (χ2n) is 8.44. The smallest absolute Gasteiger partial charge is 0.00960 e. The monoisotopic (exact) mass is 370 g/mol. The molecule has 0 atom stereocenters. The third kappa shape index (κ3) is 3.92. The van der Waals surface area contributed by atoms with Crippen LogP contribution in [0.15, 0.2) is 66.7 Å². The highest BCUT2D eigenvalue weighted by Crippen LogP contribution is 2.37. The van der Waals surface area contributed by atoms with Gasteiger partial charge in [-0.1, -0.05) is 115 Å². The Morgan fingerprint density at radius 1 is 0.571 bits per heavy atom. The minimum atomic E-state index is 0.209. The van der Waals surface area contributed by atoms with Gasteiger partial charge >= 0.3 is 0 Å². The van der Waals surface area contributed by atoms with Crippen molar-refractivity contribution in [3.8, 4) is 0 Å². The van der Waals surface area contributed by atoms with Gasteiger partial charge in [0.1, 0.15) is 0 Å². The number of unbranched alkanes of at least 4 members (excludes halogenated alkanes) is 2. The first-order chi connectivity index (χ1) is 13.5. The minimum Gasteiger partial charge on any atom is -0.0654 e. The van der Waals surface area contributed by atoms with Gasteiger partial charge < -0.3 is 0 Å². The normalized spacial score (nSPS) is 11.6. The highest BCUT2D eigenvalue weighted by atomic mass is 14.2. The summed E-state index contributed by atoms with van der Waals surface area (Å²) in [6, 6.07) is 24.6. The van der Waals surface area contributed by atoms with Crippen LogP contribution in [0.3, 0.4) is 0 Å². The van der Waals surface area contributed by atoms with Gasteiger partial charge in [0.25, 0.3) is 0 Å². The molecule has 0 aliphatic carbocycles. The Labute approximate surface area is 170 Å². The third-order valence-electron chi connectivity index (χ3n) is 6.12. The Balaban J connectivity index is 0.000000403. The fourth-order valence-electron chi connectivity index (χ4n) is 3.89. The lowest BCUT2D eigenvalue weighted by molar-refractivity contribution is 0.507. The molecule has 0 bridgehead atoms. The summed E-state index contributed by atoms with van der Waals surface area (Å²) in [5.41, 5.74) is 1.63. The molecule has 0 heterocycles. The fraction of sp³-hybridized carbons (Fsp3) is 0.357. The van der Waals surface area contributed by atoms with E-state index in [1.165, 1.54) is 57.1 Å². The number of fused-ring (bicyclic) bond motifs is 6. The zero-order valence-electron chi connectivity index (χ0n) is 18.2. The average Bonchev–Trinajstić information content (AvgIpc) is 2.74. The summed E-state index contributed by atoms with van der Waals surface area (Å²) in [6.45, 7) is 11.4. The summed E-state index contributed by atoms with van der Waals surface area (Å²) in [4.78, 5) is 0. The van der Waals surface area contributed by atoms with Gasteiger partial charge in [0.15, 0.2) is 0 Å². The third-order valence-corrected chi connectivity index (χ3v) is 6.12. The van der Waals surface area contributed by atoms with Gasteiger partial charge in [-0.25, -0.2) is 0 Å². The van der Waals surface area contributed by atoms with Crippen molar-refractivity contribution in [2.24, 2.45) is 0 Å². The number of hydrogen-bond acceptors (Lipinski definition) is 0. The maximum absolute atomic E-state index is 2.41. The van der Waals surface area contributed by atoms with Crippen LogP contribution in [-0.4, -0.2) is 0 Å². The molecule has 0 nitrogen and oxygen atoms in total. The molecule has 0 N–H and O–H groups in total. The predicted molar refractivity (Wildman–Crippen MR) is 127 cm³/mol. The van der Waals surface area contributed by atoms with Crippen LogP contribution < -0.4 is 0 Å². The van der Waals surface area contributed by atoms with Crippen molar-refractivity contribution >= 4 is 32.3 Å². The van der Waals surface area contributed by atoms with Crippen LogP contribution in [0.1, 0.15) is 65.9 Å². The molecular formula is C28H34. The van der Waals surface area contributed by atoms with E-state index in [-0.39, 0.29) is 5.41 Å². The maximum atomic E-state index is 2.41. The van der Waals surface area contributed by atoms with Crippen LogP contribution in [0.4, 0.5) is 0 Å². The summed E-state index contributed by atoms with van der Waals surface area (Å²) in [6.07, 6.45) is 5.22. The fourth-order valence-corrected chi connectivity index (χ4v) is 3.89. The predicted octanol–water partition coefficient (Wildman–Crippen LogP) is 9.03. The highest BCUT2D eigenvalue weighted by Gasteiger charge is 2.19. The Kier molecular flexibility index (Phi) is 6.39. The lowest BCUT2D eigenvalue weighted by Crippen LogP contribution is -2.15. The standard InChI is InChI=1S/C23H22.C5H12/c1-4-23(2,3)16-13-14-21-19-11-6-5-9-17(19)18-10-7-8-12-20(18)22(21)15-16;1-3-5-4-2/h5-15H,4H2,1-3H3;3-5H2,1-2H3. The van der Waals surface area contributed by atoms with E-state index in [0.29, 0.717) is 0 Å². The molecule has 0 radical (unpaired) electrons. The van der Waals surface area contributed by atoms with Crippen LogP contribution in [0.5, 0.6) is 0 Å². The minimum absolute atomic E-state index is 0.209. The topological polar surface area (TPSA) is 0 Å². The van der Waals surface area contributed by atoms with Gasteiger partial charge in [-0.15, -0.1) is 0 Å². The molecule has 0 unspecified atom stereocenters. The van der Waals surface area contributed by atoms with E-state index in [1.54, 1.807) is 0 Å². The van der Waals surface area contributed by atoms with Gasteiger partial charge in [-0.2, -0.15) is 0 Å². The number of rotatable bonds is 4. The average molecular weight is 371 g/mol. The summed E-state index contributed by atoms with van der Waals surface area (Å²) in [7, 11) is 0. The zero-order valence-corrected chi connectivity index (χ0v) is 18.2. The summed E-state index contributed by atoms with van der Waals surface area (Å²) in [5.74, 6) is 0. The van der Waals surface area contributed by atoms with E-state index in [4.69, 9.17) is 0 Å². The van der Waals surface area contributed by atoms with E-state index in [2.05, 4.69) is 101 Å². The van der Waals surface area contributed by atoms with E-state index in [1.807, 2.05) is 0 Å². The molecule has 0 aliphatic heterocycles. The van der Waals surface area contributed by atoms with E-state index >= 15 is 0 Å². The van der Waals surface area contributed by atoms with Crippen molar-refractivity contribution in [1.82, 2.24) is 0 Å². The molecule has 146 valence electrons. The van der Waals surface area contributed by atoms with Crippen LogP contribution in [0, 0.1) is 0 Å². The molecule has 4 aromatic carbocycles. The van der Waals surface area contributed by atoms with Crippen molar-refractivity contribution in [2.45, 2.75) is 65.7 Å². The van der Waals surface area contributed by atoms with Gasteiger partial charge in [-0.05, 0) is 55.8 Å². The zero-order chi connectivity index (χ0) is 20.1. The van der Waals surface area contributed by atoms with E-state index in [9.17, 15) is 0 Å². The summed E-state index contributed by atoms with van der Waals surface area (Å²) in [5, 5.41) is 8.13. The lowest BCUT2D eigenvalue weighted by Gasteiger charge is -2.24. The molecule has 0 spiro atoms. The van der Waals surface area contributed by atoms with Crippen LogP contribution in [-0.2, 0) is 5.41 Å². The van der Waals surface area contributed by atoms with Crippen molar-refractivity contribution < 1.29 is 0 Å². The molecule has 0 aromatic heterocycles. The maximum Gasteiger partial charge on any atom is -0.00960 e. The van der Waals surface area contributed by atoms with Gasteiger partial charge in [0.05, 0.1) is 0 Å². The molecule has 28 heavy (non-hydrogen) atoms. The van der Waals surface area contributed by atoms with Crippen molar-refractivity contribution in [1.29, 1.82) is 0 Å². The number of hydrogen-bond donors (Lipinski definition) is 0. The van der Waals surface area contributed by atoms with Crippen LogP contribution in [0.2, 0.25) is 0 Å². The molecule has 0 saturated heterocycles. The largest absolute Gasteiger partial charge is 0.0654 e. The summed E-state index contributed by atoms with van der Waals surface area (Å²) < 4.78 is 0.